The Bertz CT molecular complexity index is 1470. The van der Waals surface area contributed by atoms with E-state index in [9.17, 15) is 13.2 Å². The number of fused-ring (bicyclic) bond motifs is 1. The molecule has 0 aliphatic carbocycles. The van der Waals surface area contributed by atoms with Gasteiger partial charge in [-0.15, -0.1) is 5.10 Å². The Balaban J connectivity index is 1.55. The maximum atomic E-state index is 12.7. The monoisotopic (exact) mass is 510 g/mol. The Hall–Kier alpha value is -3.41. The summed E-state index contributed by atoms with van der Waals surface area (Å²) >= 11 is 0. The third-order valence-corrected chi connectivity index (χ3v) is 7.49. The first kappa shape index (κ1) is 25.7. The zero-order valence-corrected chi connectivity index (χ0v) is 20.9. The van der Waals surface area contributed by atoms with E-state index in [0.717, 1.165) is 25.7 Å². The van der Waals surface area contributed by atoms with E-state index in [1.165, 1.54) is 17.7 Å². The molecule has 0 radical (unpaired) electrons. The molecule has 2 aromatic heterocycles. The van der Waals surface area contributed by atoms with Gasteiger partial charge in [0.05, 0.1) is 17.5 Å². The minimum absolute atomic E-state index is 0.0481. The van der Waals surface area contributed by atoms with Crippen molar-refractivity contribution in [3.05, 3.63) is 81.9 Å². The van der Waals surface area contributed by atoms with Crippen LogP contribution in [0, 0.1) is 0 Å². The van der Waals surface area contributed by atoms with Crippen LogP contribution in [0.15, 0.2) is 64.3 Å². The molecule has 190 valence electrons. The lowest BCUT2D eigenvalue weighted by atomic mass is 10.0. The Kier molecular flexibility index (Phi) is 8.24. The molecule has 10 nitrogen and oxygen atoms in total. The highest BCUT2D eigenvalue weighted by molar-refractivity contribution is 7.89. The maximum absolute atomic E-state index is 12.7. The molecule has 0 aliphatic heterocycles. The van der Waals surface area contributed by atoms with E-state index in [2.05, 4.69) is 44.1 Å². The average molecular weight is 511 g/mol. The van der Waals surface area contributed by atoms with E-state index in [1.54, 1.807) is 16.8 Å². The number of aliphatic hydroxyl groups is 1. The molecule has 4 rings (SSSR count). The predicted octanol–water partition coefficient (Wildman–Crippen LogP) is 2.35. The minimum Gasteiger partial charge on any atom is -0.395 e. The fourth-order valence-corrected chi connectivity index (χ4v) is 5.27. The van der Waals surface area contributed by atoms with Crippen LogP contribution in [0.4, 0.5) is 0 Å². The number of aromatic amines is 1. The number of nitrogens with zero attached hydrogens (tertiary/aromatic N) is 4. The van der Waals surface area contributed by atoms with Crippen LogP contribution in [0.2, 0.25) is 0 Å². The van der Waals surface area contributed by atoms with E-state index < -0.39 is 10.0 Å². The van der Waals surface area contributed by atoms with Crippen LogP contribution in [0.1, 0.15) is 49.2 Å². The number of hydrogen-bond acceptors (Lipinski definition) is 7. The van der Waals surface area contributed by atoms with Crippen molar-refractivity contribution in [1.82, 2.24) is 29.7 Å². The third kappa shape index (κ3) is 6.04. The van der Waals surface area contributed by atoms with Gasteiger partial charge < -0.3 is 10.1 Å². The van der Waals surface area contributed by atoms with Crippen molar-refractivity contribution in [2.24, 2.45) is 0 Å². The summed E-state index contributed by atoms with van der Waals surface area (Å²) in [6.45, 7) is 1.71. The Morgan fingerprint density at radius 1 is 1.11 bits per heavy atom. The zero-order chi connectivity index (χ0) is 25.5. The molecule has 11 heteroatoms. The molecular weight excluding hydrogens is 480 g/mol. The molecule has 0 aliphatic rings. The topological polar surface area (TPSA) is 143 Å². The molecule has 0 amide bonds. The second-order valence-electron chi connectivity index (χ2n) is 8.60. The summed E-state index contributed by atoms with van der Waals surface area (Å²) in [5.74, 6) is 0.396. The van der Waals surface area contributed by atoms with E-state index >= 15 is 0 Å². The van der Waals surface area contributed by atoms with Crippen LogP contribution in [0.25, 0.3) is 11.2 Å². The SMILES string of the molecule is CCC(CCCc1ccccc1)n1nnc2c(=O)[nH]c(Cc3cccc(S(=O)(=O)NCCO)c3)nc21. The van der Waals surface area contributed by atoms with Crippen LogP contribution in [-0.2, 0) is 22.9 Å². The highest BCUT2D eigenvalue weighted by Crippen LogP contribution is 2.22. The first-order chi connectivity index (χ1) is 17.4. The molecule has 2 heterocycles. The number of sulfonamides is 1. The number of aryl methyl sites for hydroxylation is 1. The number of aromatic nitrogens is 5. The van der Waals surface area contributed by atoms with Gasteiger partial charge in [-0.05, 0) is 48.9 Å². The summed E-state index contributed by atoms with van der Waals surface area (Å²) in [7, 11) is -3.75. The van der Waals surface area contributed by atoms with Crippen molar-refractivity contribution in [2.45, 2.75) is 50.0 Å². The van der Waals surface area contributed by atoms with Crippen molar-refractivity contribution >= 4 is 21.2 Å². The van der Waals surface area contributed by atoms with Gasteiger partial charge in [0, 0.05) is 13.0 Å². The molecule has 0 fully saturated rings. The van der Waals surface area contributed by atoms with Crippen molar-refractivity contribution in [3.63, 3.8) is 0 Å². The molecule has 0 saturated carbocycles. The molecule has 36 heavy (non-hydrogen) atoms. The molecule has 0 saturated heterocycles. The first-order valence-corrected chi connectivity index (χ1v) is 13.5. The lowest BCUT2D eigenvalue weighted by Crippen LogP contribution is -2.26. The van der Waals surface area contributed by atoms with E-state index in [4.69, 9.17) is 5.11 Å². The van der Waals surface area contributed by atoms with Gasteiger partial charge >= 0.3 is 0 Å². The van der Waals surface area contributed by atoms with E-state index in [1.807, 2.05) is 18.2 Å². The van der Waals surface area contributed by atoms with E-state index in [-0.39, 0.29) is 41.6 Å². The Morgan fingerprint density at radius 2 is 1.89 bits per heavy atom. The van der Waals surface area contributed by atoms with Crippen LogP contribution >= 0.6 is 0 Å². The van der Waals surface area contributed by atoms with Crippen molar-refractivity contribution < 1.29 is 13.5 Å². The van der Waals surface area contributed by atoms with Gasteiger partial charge in [0.1, 0.15) is 5.82 Å². The molecule has 3 N–H and O–H groups in total. The van der Waals surface area contributed by atoms with Crippen LogP contribution in [0.5, 0.6) is 0 Å². The van der Waals surface area contributed by atoms with Gasteiger partial charge in [-0.1, -0.05) is 54.6 Å². The summed E-state index contributed by atoms with van der Waals surface area (Å²) in [6, 6.07) is 16.7. The van der Waals surface area contributed by atoms with E-state index in [0.29, 0.717) is 17.0 Å². The summed E-state index contributed by atoms with van der Waals surface area (Å²) < 4.78 is 28.9. The molecule has 0 spiro atoms. The lowest BCUT2D eigenvalue weighted by Gasteiger charge is -2.15. The van der Waals surface area contributed by atoms with Crippen LogP contribution in [-0.4, -0.2) is 51.6 Å². The fourth-order valence-electron chi connectivity index (χ4n) is 4.18. The smallest absolute Gasteiger partial charge is 0.281 e. The van der Waals surface area contributed by atoms with Crippen molar-refractivity contribution in [1.29, 1.82) is 0 Å². The van der Waals surface area contributed by atoms with Gasteiger partial charge in [-0.2, -0.15) is 0 Å². The molecule has 1 atom stereocenters. The standard InChI is InChI=1S/C25H30N6O4S/c1-2-20(12-6-10-18-8-4-3-5-9-18)31-24-23(29-30-31)25(33)28-22(27-24)17-19-11-7-13-21(16-19)36(34,35)26-14-15-32/h3-5,7-9,11,13,16,20,26,32H,2,6,10,12,14-15,17H2,1H3,(H,27,28,33). The molecule has 1 unspecified atom stereocenters. The summed E-state index contributed by atoms with van der Waals surface area (Å²) in [5.41, 5.74) is 2.18. The number of nitrogens with one attached hydrogen (secondary N) is 2. The first-order valence-electron chi connectivity index (χ1n) is 12.0. The zero-order valence-electron chi connectivity index (χ0n) is 20.1. The van der Waals surface area contributed by atoms with Gasteiger partial charge in [-0.3, -0.25) is 4.79 Å². The van der Waals surface area contributed by atoms with Gasteiger partial charge in [0.15, 0.2) is 11.2 Å². The predicted molar refractivity (Wildman–Crippen MR) is 136 cm³/mol. The maximum Gasteiger partial charge on any atom is 0.281 e. The largest absolute Gasteiger partial charge is 0.395 e. The number of H-pyrrole nitrogens is 1. The quantitative estimate of drug-likeness (QED) is 0.265. The molecule has 4 aromatic rings. The lowest BCUT2D eigenvalue weighted by molar-refractivity contribution is 0.301. The van der Waals surface area contributed by atoms with Crippen LogP contribution < -0.4 is 10.3 Å². The summed E-state index contributed by atoms with van der Waals surface area (Å²) in [5, 5.41) is 17.2. The van der Waals surface area contributed by atoms with Crippen molar-refractivity contribution in [3.8, 4) is 0 Å². The van der Waals surface area contributed by atoms with Crippen molar-refractivity contribution in [2.75, 3.05) is 13.2 Å². The molecule has 0 bridgehead atoms. The van der Waals surface area contributed by atoms with Gasteiger partial charge in [0.2, 0.25) is 10.0 Å². The Labute approximate surface area is 209 Å². The van der Waals surface area contributed by atoms with Gasteiger partial charge in [-0.25, -0.2) is 22.8 Å². The number of hydrogen-bond donors (Lipinski definition) is 3. The third-order valence-electron chi connectivity index (χ3n) is 6.03. The second kappa shape index (κ2) is 11.5. The number of rotatable bonds is 12. The summed E-state index contributed by atoms with van der Waals surface area (Å²) in [6.07, 6.45) is 3.83. The molecular formula is C25H30N6O4S. The highest BCUT2D eigenvalue weighted by Gasteiger charge is 2.19. The second-order valence-corrected chi connectivity index (χ2v) is 10.4. The number of benzene rings is 2. The average Bonchev–Trinajstić information content (AvgIpc) is 3.30. The Morgan fingerprint density at radius 3 is 2.64 bits per heavy atom. The fraction of sp³-hybridized carbons (Fsp3) is 0.360. The highest BCUT2D eigenvalue weighted by atomic mass is 32.2. The minimum atomic E-state index is -3.75. The molecule has 2 aromatic carbocycles. The van der Waals surface area contributed by atoms with Gasteiger partial charge in [0.25, 0.3) is 5.56 Å². The normalized spacial score (nSPS) is 12.7. The summed E-state index contributed by atoms with van der Waals surface area (Å²) in [4.78, 5) is 20.2. The van der Waals surface area contributed by atoms with Crippen LogP contribution in [0.3, 0.4) is 0 Å². The number of aliphatic hydroxyl groups excluding tert-OH is 1.